The molecule has 17 heavy (non-hydrogen) atoms. The van der Waals surface area contributed by atoms with Crippen LogP contribution in [0, 0.1) is 10.1 Å². The Balaban J connectivity index is 2.39. The van der Waals surface area contributed by atoms with Gasteiger partial charge in [-0.2, -0.15) is 0 Å². The van der Waals surface area contributed by atoms with E-state index in [2.05, 4.69) is 0 Å². The zero-order valence-electron chi connectivity index (χ0n) is 9.20. The number of nitro benzene ring substituents is 1. The van der Waals surface area contributed by atoms with Crippen molar-refractivity contribution < 1.29 is 13.3 Å². The van der Waals surface area contributed by atoms with Gasteiger partial charge in [-0.05, 0) is 18.9 Å². The van der Waals surface area contributed by atoms with Crippen molar-refractivity contribution in [1.82, 2.24) is 0 Å². The van der Waals surface area contributed by atoms with Gasteiger partial charge >= 0.3 is 0 Å². The van der Waals surface area contributed by atoms with E-state index in [-0.39, 0.29) is 15.8 Å². The Hall–Kier alpha value is -1.43. The first-order chi connectivity index (χ1) is 8.01. The van der Waals surface area contributed by atoms with Gasteiger partial charge in [0.25, 0.3) is 5.69 Å². The van der Waals surface area contributed by atoms with Crippen LogP contribution < -0.4 is 0 Å². The Kier molecular flexibility index (Phi) is 3.15. The van der Waals surface area contributed by atoms with Crippen LogP contribution >= 0.6 is 0 Å². The predicted octanol–water partition coefficient (Wildman–Crippen LogP) is 2.31. The molecule has 0 N–H and O–H groups in total. The fourth-order valence-corrected chi connectivity index (χ4v) is 4.06. The van der Waals surface area contributed by atoms with Crippen molar-refractivity contribution in [2.24, 2.45) is 0 Å². The summed E-state index contributed by atoms with van der Waals surface area (Å²) < 4.78 is 24.4. The highest BCUT2D eigenvalue weighted by atomic mass is 32.2. The van der Waals surface area contributed by atoms with Crippen molar-refractivity contribution in [3.8, 4) is 0 Å². The van der Waals surface area contributed by atoms with E-state index in [1.165, 1.54) is 18.2 Å². The Morgan fingerprint density at radius 3 is 2.47 bits per heavy atom. The smallest absolute Gasteiger partial charge is 0.258 e. The molecule has 1 saturated carbocycles. The van der Waals surface area contributed by atoms with Crippen molar-refractivity contribution in [3.05, 3.63) is 34.4 Å². The first kappa shape index (κ1) is 12.0. The molecule has 0 atom stereocenters. The standard InChI is InChI=1S/C11H13NO4S/c13-12(14)9-4-3-7-11(8-9)17(15,16)10-5-1-2-6-10/h3-4,7-8,10H,1-2,5-6H2. The average Bonchev–Trinajstić information content (AvgIpc) is 2.83. The van der Waals surface area contributed by atoms with Crippen LogP contribution in [0.15, 0.2) is 29.2 Å². The van der Waals surface area contributed by atoms with Crippen molar-refractivity contribution in [1.29, 1.82) is 0 Å². The zero-order chi connectivity index (χ0) is 12.5. The topological polar surface area (TPSA) is 77.3 Å². The van der Waals surface area contributed by atoms with Gasteiger partial charge in [0.05, 0.1) is 15.1 Å². The summed E-state index contributed by atoms with van der Waals surface area (Å²) in [5.41, 5.74) is -0.177. The third-order valence-electron chi connectivity index (χ3n) is 3.10. The number of hydrogen-bond donors (Lipinski definition) is 0. The molecule has 1 fully saturated rings. The lowest BCUT2D eigenvalue weighted by atomic mass is 10.3. The lowest BCUT2D eigenvalue weighted by Gasteiger charge is -2.10. The van der Waals surface area contributed by atoms with Crippen LogP contribution in [0.2, 0.25) is 0 Å². The Bertz CT molecular complexity index is 532. The minimum absolute atomic E-state index is 0.0681. The molecule has 1 aromatic carbocycles. The molecular formula is C11H13NO4S. The van der Waals surface area contributed by atoms with Gasteiger partial charge in [0.2, 0.25) is 0 Å². The largest absolute Gasteiger partial charge is 0.270 e. The second kappa shape index (κ2) is 4.44. The van der Waals surface area contributed by atoms with Crippen LogP contribution in [-0.2, 0) is 9.84 Å². The number of non-ortho nitro benzene ring substituents is 1. The van der Waals surface area contributed by atoms with E-state index in [0.29, 0.717) is 12.8 Å². The van der Waals surface area contributed by atoms with E-state index in [9.17, 15) is 18.5 Å². The first-order valence-electron chi connectivity index (χ1n) is 5.50. The van der Waals surface area contributed by atoms with Crippen LogP contribution in [0.5, 0.6) is 0 Å². The first-order valence-corrected chi connectivity index (χ1v) is 7.05. The minimum Gasteiger partial charge on any atom is -0.258 e. The van der Waals surface area contributed by atoms with Crippen LogP contribution in [-0.4, -0.2) is 18.6 Å². The maximum Gasteiger partial charge on any atom is 0.270 e. The summed E-state index contributed by atoms with van der Waals surface area (Å²) in [5.74, 6) is 0. The van der Waals surface area contributed by atoms with E-state index in [1.807, 2.05) is 0 Å². The molecule has 0 radical (unpaired) electrons. The van der Waals surface area contributed by atoms with Crippen LogP contribution in [0.4, 0.5) is 5.69 Å². The summed E-state index contributed by atoms with van der Waals surface area (Å²) in [6.45, 7) is 0. The lowest BCUT2D eigenvalue weighted by Crippen LogP contribution is -2.17. The number of rotatable bonds is 3. The Labute approximate surface area is 99.5 Å². The van der Waals surface area contributed by atoms with Crippen molar-refractivity contribution in [2.75, 3.05) is 0 Å². The molecule has 5 nitrogen and oxygen atoms in total. The number of nitrogens with zero attached hydrogens (tertiary/aromatic N) is 1. The SMILES string of the molecule is O=[N+]([O-])c1cccc(S(=O)(=O)C2CCCC2)c1. The molecule has 0 heterocycles. The lowest BCUT2D eigenvalue weighted by molar-refractivity contribution is -0.385. The molecule has 2 rings (SSSR count). The van der Waals surface area contributed by atoms with Gasteiger partial charge in [-0.25, -0.2) is 8.42 Å². The molecule has 92 valence electrons. The number of sulfone groups is 1. The van der Waals surface area contributed by atoms with E-state index < -0.39 is 14.8 Å². The van der Waals surface area contributed by atoms with Crippen molar-refractivity contribution in [3.63, 3.8) is 0 Å². The molecule has 6 heteroatoms. The molecule has 0 spiro atoms. The monoisotopic (exact) mass is 255 g/mol. The molecule has 0 bridgehead atoms. The van der Waals surface area contributed by atoms with Crippen LogP contribution in [0.25, 0.3) is 0 Å². The molecule has 0 aromatic heterocycles. The number of hydrogen-bond acceptors (Lipinski definition) is 4. The summed E-state index contributed by atoms with van der Waals surface area (Å²) in [4.78, 5) is 10.1. The van der Waals surface area contributed by atoms with Crippen LogP contribution in [0.3, 0.4) is 0 Å². The van der Waals surface area contributed by atoms with Crippen molar-refractivity contribution >= 4 is 15.5 Å². The highest BCUT2D eigenvalue weighted by Crippen LogP contribution is 2.30. The van der Waals surface area contributed by atoms with Gasteiger partial charge in [0.15, 0.2) is 9.84 Å². The summed E-state index contributed by atoms with van der Waals surface area (Å²) in [6, 6.07) is 5.29. The van der Waals surface area contributed by atoms with Gasteiger partial charge in [-0.1, -0.05) is 18.9 Å². The van der Waals surface area contributed by atoms with Gasteiger partial charge in [0, 0.05) is 12.1 Å². The third-order valence-corrected chi connectivity index (χ3v) is 5.36. The summed E-state index contributed by atoms with van der Waals surface area (Å²) >= 11 is 0. The molecule has 0 aliphatic heterocycles. The van der Waals surface area contributed by atoms with Gasteiger partial charge in [0.1, 0.15) is 0 Å². The van der Waals surface area contributed by atoms with Gasteiger partial charge in [-0.3, -0.25) is 10.1 Å². The van der Waals surface area contributed by atoms with E-state index in [0.717, 1.165) is 18.9 Å². The zero-order valence-corrected chi connectivity index (χ0v) is 10.0. The predicted molar refractivity (Wildman–Crippen MR) is 62.5 cm³/mol. The second-order valence-corrected chi connectivity index (χ2v) is 6.43. The second-order valence-electron chi connectivity index (χ2n) is 4.21. The summed E-state index contributed by atoms with van der Waals surface area (Å²) in [6.07, 6.45) is 3.15. The van der Waals surface area contributed by atoms with E-state index in [4.69, 9.17) is 0 Å². The molecule has 0 amide bonds. The van der Waals surface area contributed by atoms with E-state index >= 15 is 0 Å². The quantitative estimate of drug-likeness (QED) is 0.613. The average molecular weight is 255 g/mol. The van der Waals surface area contributed by atoms with E-state index in [1.54, 1.807) is 0 Å². The highest BCUT2D eigenvalue weighted by molar-refractivity contribution is 7.92. The Morgan fingerprint density at radius 1 is 1.24 bits per heavy atom. The molecule has 1 aliphatic carbocycles. The molecular weight excluding hydrogens is 242 g/mol. The molecule has 0 saturated heterocycles. The van der Waals surface area contributed by atoms with Crippen LogP contribution in [0.1, 0.15) is 25.7 Å². The summed E-state index contributed by atoms with van der Waals surface area (Å²) in [7, 11) is -3.40. The normalized spacial score (nSPS) is 17.2. The molecule has 1 aromatic rings. The minimum atomic E-state index is -3.40. The van der Waals surface area contributed by atoms with Crippen molar-refractivity contribution in [2.45, 2.75) is 35.8 Å². The molecule has 1 aliphatic rings. The third kappa shape index (κ3) is 2.31. The van der Waals surface area contributed by atoms with Gasteiger partial charge < -0.3 is 0 Å². The summed E-state index contributed by atoms with van der Waals surface area (Å²) in [5, 5.41) is 10.2. The Morgan fingerprint density at radius 2 is 1.88 bits per heavy atom. The maximum absolute atomic E-state index is 12.2. The highest BCUT2D eigenvalue weighted by Gasteiger charge is 2.30. The van der Waals surface area contributed by atoms with Gasteiger partial charge in [-0.15, -0.1) is 0 Å². The number of nitro groups is 1. The molecule has 0 unspecified atom stereocenters. The fourth-order valence-electron chi connectivity index (χ4n) is 2.17. The number of benzene rings is 1. The fraction of sp³-hybridized carbons (Fsp3) is 0.455. The maximum atomic E-state index is 12.2.